The molecule has 0 saturated carbocycles. The molecule has 0 aliphatic heterocycles. The summed E-state index contributed by atoms with van der Waals surface area (Å²) >= 11 is 0. The molecule has 0 aliphatic rings. The Morgan fingerprint density at radius 1 is 0.600 bits per heavy atom. The van der Waals surface area contributed by atoms with Crippen LogP contribution in [0.2, 0.25) is 0 Å². The summed E-state index contributed by atoms with van der Waals surface area (Å²) in [6.45, 7) is 2.32. The number of nitrogens with zero attached hydrogens (tertiary/aromatic N) is 2. The monoisotopic (exact) mass is 408 g/mol. The molecule has 0 radical (unpaired) electrons. The van der Waals surface area contributed by atoms with Crippen LogP contribution >= 0.6 is 0 Å². The number of hydrogen-bond acceptors (Lipinski definition) is 3. The molecule has 4 aromatic rings. The van der Waals surface area contributed by atoms with E-state index in [1.807, 2.05) is 54.6 Å². The smallest absolute Gasteiger partial charge is 0.397 e. The first-order chi connectivity index (χ1) is 14.3. The van der Waals surface area contributed by atoms with Crippen molar-refractivity contribution >= 4 is 0 Å². The Kier molecular flexibility index (Phi) is 4.94. The van der Waals surface area contributed by atoms with Crippen LogP contribution in [0.25, 0.3) is 34.0 Å². The molecule has 0 bridgehead atoms. The molecule has 0 fully saturated rings. The molecule has 0 unspecified atom stereocenters. The van der Waals surface area contributed by atoms with Gasteiger partial charge in [0.15, 0.2) is 0 Å². The Balaban J connectivity index is 1.56. The van der Waals surface area contributed by atoms with Crippen molar-refractivity contribution < 1.29 is 17.6 Å². The van der Waals surface area contributed by atoms with Crippen LogP contribution in [0.4, 0.5) is 13.2 Å². The van der Waals surface area contributed by atoms with Crippen molar-refractivity contribution in [2.75, 3.05) is 0 Å². The van der Waals surface area contributed by atoms with Crippen molar-refractivity contribution in [2.45, 2.75) is 25.4 Å². The highest BCUT2D eigenvalue weighted by molar-refractivity contribution is 5.67. The molecule has 0 atom stereocenters. The highest BCUT2D eigenvalue weighted by Gasteiger charge is 2.48. The number of alkyl halides is 3. The highest BCUT2D eigenvalue weighted by atomic mass is 19.4. The second-order valence-electron chi connectivity index (χ2n) is 7.56. The maximum atomic E-state index is 13.2. The molecule has 0 saturated heterocycles. The molecule has 0 N–H and O–H groups in total. The summed E-state index contributed by atoms with van der Waals surface area (Å²) in [7, 11) is 0. The first kappa shape index (κ1) is 19.9. The predicted octanol–water partition coefficient (Wildman–Crippen LogP) is 6.91. The number of benzene rings is 3. The van der Waals surface area contributed by atoms with Gasteiger partial charge in [-0.3, -0.25) is 0 Å². The van der Waals surface area contributed by atoms with Crippen LogP contribution < -0.4 is 0 Å². The number of rotatable bonds is 4. The molecular formula is C24H19F3N2O. The minimum atomic E-state index is -4.34. The molecule has 0 amide bonds. The van der Waals surface area contributed by atoms with Gasteiger partial charge in [-0.25, -0.2) is 0 Å². The topological polar surface area (TPSA) is 38.9 Å². The fraction of sp³-hybridized carbons (Fsp3) is 0.167. The second kappa shape index (κ2) is 7.44. The van der Waals surface area contributed by atoms with E-state index in [4.69, 9.17) is 4.42 Å². The zero-order valence-corrected chi connectivity index (χ0v) is 16.4. The van der Waals surface area contributed by atoms with E-state index < -0.39 is 11.6 Å². The van der Waals surface area contributed by atoms with Gasteiger partial charge < -0.3 is 4.42 Å². The summed E-state index contributed by atoms with van der Waals surface area (Å²) in [6, 6.07) is 23.8. The lowest BCUT2D eigenvalue weighted by molar-refractivity contribution is -0.180. The molecule has 0 aliphatic carbocycles. The van der Waals surface area contributed by atoms with Crippen LogP contribution in [0, 0.1) is 0 Å². The molecule has 1 aromatic heterocycles. The van der Waals surface area contributed by atoms with Crippen molar-refractivity contribution in [3.63, 3.8) is 0 Å². The zero-order chi connectivity index (χ0) is 21.4. The summed E-state index contributed by atoms with van der Waals surface area (Å²) in [5.74, 6) is 0.609. The fourth-order valence-corrected chi connectivity index (χ4v) is 3.09. The molecule has 6 heteroatoms. The van der Waals surface area contributed by atoms with E-state index in [2.05, 4.69) is 10.2 Å². The van der Waals surface area contributed by atoms with Crippen LogP contribution in [0.3, 0.4) is 0 Å². The van der Waals surface area contributed by atoms with Crippen LogP contribution in [0.5, 0.6) is 0 Å². The molecule has 152 valence electrons. The Morgan fingerprint density at radius 2 is 1.03 bits per heavy atom. The summed E-state index contributed by atoms with van der Waals surface area (Å²) in [5, 5.41) is 8.12. The van der Waals surface area contributed by atoms with E-state index in [1.54, 1.807) is 12.1 Å². The summed E-state index contributed by atoms with van der Waals surface area (Å²) in [5.41, 5.74) is 1.75. The van der Waals surface area contributed by atoms with Gasteiger partial charge in [0.25, 0.3) is 0 Å². The van der Waals surface area contributed by atoms with Gasteiger partial charge in [0, 0.05) is 11.1 Å². The van der Waals surface area contributed by atoms with E-state index in [0.717, 1.165) is 30.5 Å². The maximum Gasteiger partial charge on any atom is 0.397 e. The van der Waals surface area contributed by atoms with Crippen LogP contribution in [0.1, 0.15) is 19.4 Å². The molecule has 0 spiro atoms. The molecule has 3 nitrogen and oxygen atoms in total. The van der Waals surface area contributed by atoms with Crippen LogP contribution in [-0.4, -0.2) is 16.4 Å². The zero-order valence-electron chi connectivity index (χ0n) is 16.4. The van der Waals surface area contributed by atoms with Crippen molar-refractivity contribution in [3.05, 3.63) is 84.4 Å². The van der Waals surface area contributed by atoms with Gasteiger partial charge in [-0.05, 0) is 54.8 Å². The summed E-state index contributed by atoms with van der Waals surface area (Å²) in [6.07, 6.45) is -4.34. The fourth-order valence-electron chi connectivity index (χ4n) is 3.09. The van der Waals surface area contributed by atoms with Gasteiger partial charge in [-0.1, -0.05) is 54.6 Å². The lowest BCUT2D eigenvalue weighted by Crippen LogP contribution is -2.36. The lowest BCUT2D eigenvalue weighted by atomic mass is 9.83. The standard InChI is InChI=1S/C24H19F3N2O/c1-23(2,24(25,26)27)20-14-12-19(13-15-20)22-29-28-21(30-22)18-10-8-17(9-11-18)16-6-4-3-5-7-16/h3-15H,1-2H3. The van der Waals surface area contributed by atoms with Gasteiger partial charge in [0.2, 0.25) is 11.8 Å². The SMILES string of the molecule is CC(C)(c1ccc(-c2nnc(-c3ccc(-c4ccccc4)cc3)o2)cc1)C(F)(F)F. The van der Waals surface area contributed by atoms with Gasteiger partial charge in [0.05, 0.1) is 5.41 Å². The minimum Gasteiger partial charge on any atom is -0.416 e. The van der Waals surface area contributed by atoms with Crippen LogP contribution in [0.15, 0.2) is 83.3 Å². The Labute approximate surface area is 172 Å². The predicted molar refractivity (Wildman–Crippen MR) is 110 cm³/mol. The minimum absolute atomic E-state index is 0.176. The third-order valence-electron chi connectivity index (χ3n) is 5.23. The maximum absolute atomic E-state index is 13.2. The normalized spacial score (nSPS) is 12.2. The number of hydrogen-bond donors (Lipinski definition) is 0. The van der Waals surface area contributed by atoms with Gasteiger partial charge in [0.1, 0.15) is 0 Å². The Bertz CT molecular complexity index is 1130. The van der Waals surface area contributed by atoms with E-state index in [0.29, 0.717) is 11.5 Å². The summed E-state index contributed by atoms with van der Waals surface area (Å²) < 4.78 is 45.4. The highest BCUT2D eigenvalue weighted by Crippen LogP contribution is 2.40. The van der Waals surface area contributed by atoms with Crippen molar-refractivity contribution in [1.29, 1.82) is 0 Å². The first-order valence-corrected chi connectivity index (χ1v) is 9.43. The van der Waals surface area contributed by atoms with Crippen molar-refractivity contribution in [3.8, 4) is 34.0 Å². The van der Waals surface area contributed by atoms with E-state index in [-0.39, 0.29) is 11.5 Å². The quantitative estimate of drug-likeness (QED) is 0.368. The Morgan fingerprint density at radius 3 is 1.53 bits per heavy atom. The van der Waals surface area contributed by atoms with E-state index in [1.165, 1.54) is 12.1 Å². The van der Waals surface area contributed by atoms with Crippen molar-refractivity contribution in [1.82, 2.24) is 10.2 Å². The van der Waals surface area contributed by atoms with E-state index in [9.17, 15) is 13.2 Å². The molecule has 3 aromatic carbocycles. The number of aromatic nitrogens is 2. The third-order valence-corrected chi connectivity index (χ3v) is 5.23. The van der Waals surface area contributed by atoms with E-state index >= 15 is 0 Å². The van der Waals surface area contributed by atoms with Gasteiger partial charge in [-0.15, -0.1) is 10.2 Å². The average Bonchev–Trinajstić information content (AvgIpc) is 3.24. The van der Waals surface area contributed by atoms with Crippen LogP contribution in [-0.2, 0) is 5.41 Å². The second-order valence-corrected chi connectivity index (χ2v) is 7.56. The lowest BCUT2D eigenvalue weighted by Gasteiger charge is -2.28. The largest absolute Gasteiger partial charge is 0.416 e. The van der Waals surface area contributed by atoms with Crippen molar-refractivity contribution in [2.24, 2.45) is 0 Å². The molecular weight excluding hydrogens is 389 g/mol. The number of halogens is 3. The third kappa shape index (κ3) is 3.73. The first-order valence-electron chi connectivity index (χ1n) is 9.43. The van der Waals surface area contributed by atoms with Gasteiger partial charge in [-0.2, -0.15) is 13.2 Å². The summed E-state index contributed by atoms with van der Waals surface area (Å²) in [4.78, 5) is 0. The average molecular weight is 408 g/mol. The van der Waals surface area contributed by atoms with Gasteiger partial charge >= 0.3 is 6.18 Å². The Hall–Kier alpha value is -3.41. The molecule has 4 rings (SSSR count). The molecule has 1 heterocycles. The molecule has 30 heavy (non-hydrogen) atoms.